The van der Waals surface area contributed by atoms with Crippen LogP contribution in [-0.4, -0.2) is 44.2 Å². The predicted octanol–water partition coefficient (Wildman–Crippen LogP) is 2.99. The number of rotatable bonds is 7. The van der Waals surface area contributed by atoms with E-state index < -0.39 is 5.97 Å². The van der Waals surface area contributed by atoms with Gasteiger partial charge in [-0.2, -0.15) is 0 Å². The van der Waals surface area contributed by atoms with Crippen LogP contribution in [-0.2, 0) is 9.63 Å². The van der Waals surface area contributed by atoms with Gasteiger partial charge in [-0.3, -0.25) is 20.2 Å². The quantitative estimate of drug-likeness (QED) is 0.369. The molecule has 0 bridgehead atoms. The summed E-state index contributed by atoms with van der Waals surface area (Å²) < 4.78 is 0. The van der Waals surface area contributed by atoms with Crippen LogP contribution in [0.2, 0.25) is 0 Å². The van der Waals surface area contributed by atoms with Crippen LogP contribution >= 0.6 is 11.8 Å². The minimum atomic E-state index is -0.932. The van der Waals surface area contributed by atoms with E-state index in [9.17, 15) is 9.90 Å². The first-order chi connectivity index (χ1) is 12.5. The van der Waals surface area contributed by atoms with E-state index in [2.05, 4.69) is 20.7 Å². The molecule has 26 heavy (non-hydrogen) atoms. The highest BCUT2D eigenvalue weighted by Crippen LogP contribution is 2.31. The van der Waals surface area contributed by atoms with Gasteiger partial charge in [0.05, 0.1) is 18.6 Å². The zero-order valence-electron chi connectivity index (χ0n) is 13.8. The van der Waals surface area contributed by atoms with E-state index in [0.29, 0.717) is 16.7 Å². The standard InChI is InChI=1S/C17H16N4O4S/c1-25-21-13-6-11(10-3-2-4-14(22)8-10)5-12(7-13)16-18-17(20-19-16)26-9-15(23)24/h2-8,21-22H,9H2,1H3,(H,23,24)(H,18,19,20). The first kappa shape index (κ1) is 17.8. The number of carboxylic acids is 1. The average molecular weight is 372 g/mol. The molecule has 0 aliphatic rings. The number of aromatic nitrogens is 3. The van der Waals surface area contributed by atoms with E-state index >= 15 is 0 Å². The van der Waals surface area contributed by atoms with E-state index in [1.54, 1.807) is 18.2 Å². The molecular weight excluding hydrogens is 356 g/mol. The van der Waals surface area contributed by atoms with Gasteiger partial charge < -0.3 is 10.2 Å². The summed E-state index contributed by atoms with van der Waals surface area (Å²) in [5.41, 5.74) is 5.88. The molecule has 0 radical (unpaired) electrons. The van der Waals surface area contributed by atoms with Crippen molar-refractivity contribution in [3.05, 3.63) is 42.5 Å². The third-order valence-corrected chi connectivity index (χ3v) is 4.23. The number of carbonyl (C=O) groups is 1. The zero-order chi connectivity index (χ0) is 18.5. The number of aromatic amines is 1. The number of nitrogens with one attached hydrogen (secondary N) is 2. The van der Waals surface area contributed by atoms with Crippen LogP contribution in [0.15, 0.2) is 47.6 Å². The fraction of sp³-hybridized carbons (Fsp3) is 0.118. The molecule has 4 N–H and O–H groups in total. The van der Waals surface area contributed by atoms with E-state index in [0.717, 1.165) is 28.5 Å². The molecule has 0 atom stereocenters. The Morgan fingerprint density at radius 3 is 2.77 bits per heavy atom. The van der Waals surface area contributed by atoms with Gasteiger partial charge in [0.15, 0.2) is 5.82 Å². The first-order valence-electron chi connectivity index (χ1n) is 7.56. The van der Waals surface area contributed by atoms with Crippen LogP contribution in [0, 0.1) is 0 Å². The lowest BCUT2D eigenvalue weighted by atomic mass is 10.0. The van der Waals surface area contributed by atoms with Crippen LogP contribution in [0.5, 0.6) is 5.75 Å². The molecule has 0 saturated carbocycles. The Bertz CT molecular complexity index is 929. The molecule has 3 rings (SSSR count). The number of anilines is 1. The average Bonchev–Trinajstić information content (AvgIpc) is 3.09. The molecule has 0 amide bonds. The lowest BCUT2D eigenvalue weighted by Crippen LogP contribution is -1.98. The van der Waals surface area contributed by atoms with Gasteiger partial charge in [-0.25, -0.2) is 4.98 Å². The van der Waals surface area contributed by atoms with Gasteiger partial charge >= 0.3 is 5.97 Å². The topological polar surface area (TPSA) is 120 Å². The molecule has 8 nitrogen and oxygen atoms in total. The molecule has 1 aromatic heterocycles. The van der Waals surface area contributed by atoms with Crippen molar-refractivity contribution in [2.75, 3.05) is 18.3 Å². The number of phenols is 1. The number of benzene rings is 2. The summed E-state index contributed by atoms with van der Waals surface area (Å²) in [4.78, 5) is 20.0. The number of nitrogens with zero attached hydrogens (tertiary/aromatic N) is 2. The van der Waals surface area contributed by atoms with Gasteiger partial charge in [-0.15, -0.1) is 5.10 Å². The fourth-order valence-electron chi connectivity index (χ4n) is 2.36. The third kappa shape index (κ3) is 4.32. The number of aromatic hydroxyl groups is 1. The summed E-state index contributed by atoms with van der Waals surface area (Å²) in [5, 5.41) is 25.7. The molecule has 0 spiro atoms. The molecule has 2 aromatic carbocycles. The van der Waals surface area contributed by atoms with Crippen molar-refractivity contribution in [1.82, 2.24) is 15.2 Å². The molecule has 3 aromatic rings. The summed E-state index contributed by atoms with van der Waals surface area (Å²) in [7, 11) is 1.51. The SMILES string of the molecule is CONc1cc(-c2cccc(O)c2)cc(-c2nc(SCC(=O)O)n[nH]2)c1. The highest BCUT2D eigenvalue weighted by molar-refractivity contribution is 7.99. The van der Waals surface area contributed by atoms with Gasteiger partial charge in [0.25, 0.3) is 0 Å². The molecule has 0 unspecified atom stereocenters. The summed E-state index contributed by atoms with van der Waals surface area (Å²) >= 11 is 1.03. The van der Waals surface area contributed by atoms with Crippen LogP contribution in [0.3, 0.4) is 0 Å². The second-order valence-electron chi connectivity index (χ2n) is 5.30. The number of aliphatic carboxylic acids is 1. The zero-order valence-corrected chi connectivity index (χ0v) is 14.6. The lowest BCUT2D eigenvalue weighted by Gasteiger charge is -2.10. The van der Waals surface area contributed by atoms with Crippen molar-refractivity contribution < 1.29 is 19.8 Å². The van der Waals surface area contributed by atoms with Crippen molar-refractivity contribution in [3.63, 3.8) is 0 Å². The van der Waals surface area contributed by atoms with Gasteiger partial charge in [-0.05, 0) is 41.5 Å². The summed E-state index contributed by atoms with van der Waals surface area (Å²) in [6.07, 6.45) is 0. The number of phenolic OH excluding ortho intramolecular Hbond substituents is 1. The molecule has 134 valence electrons. The molecule has 0 fully saturated rings. The smallest absolute Gasteiger partial charge is 0.313 e. The maximum atomic E-state index is 10.7. The molecule has 0 aliphatic heterocycles. The molecule has 0 saturated heterocycles. The minimum Gasteiger partial charge on any atom is -0.508 e. The predicted molar refractivity (Wildman–Crippen MR) is 97.9 cm³/mol. The normalized spacial score (nSPS) is 10.7. The van der Waals surface area contributed by atoms with Gasteiger partial charge in [0.2, 0.25) is 5.16 Å². The Kier molecular flexibility index (Phi) is 5.40. The lowest BCUT2D eigenvalue weighted by molar-refractivity contribution is -0.133. The largest absolute Gasteiger partial charge is 0.508 e. The van der Waals surface area contributed by atoms with Gasteiger partial charge in [0.1, 0.15) is 5.75 Å². The number of carboxylic acid groups (broad SMARTS) is 1. The minimum absolute atomic E-state index is 0.114. The van der Waals surface area contributed by atoms with E-state index in [-0.39, 0.29) is 11.5 Å². The number of thioether (sulfide) groups is 1. The van der Waals surface area contributed by atoms with Crippen molar-refractivity contribution in [3.8, 4) is 28.3 Å². The summed E-state index contributed by atoms with van der Waals surface area (Å²) in [6.45, 7) is 0. The van der Waals surface area contributed by atoms with Crippen LogP contribution in [0.1, 0.15) is 0 Å². The summed E-state index contributed by atoms with van der Waals surface area (Å²) in [5.74, 6) is -0.379. The van der Waals surface area contributed by atoms with Gasteiger partial charge in [-0.1, -0.05) is 23.9 Å². The Morgan fingerprint density at radius 2 is 2.04 bits per heavy atom. The Labute approximate surface area is 153 Å². The van der Waals surface area contributed by atoms with E-state index in [4.69, 9.17) is 9.94 Å². The Hall–Kier alpha value is -3.04. The number of hydrogen-bond acceptors (Lipinski definition) is 7. The highest BCUT2D eigenvalue weighted by Gasteiger charge is 2.11. The number of H-pyrrole nitrogens is 1. The van der Waals surface area contributed by atoms with Crippen molar-refractivity contribution in [2.24, 2.45) is 0 Å². The van der Waals surface area contributed by atoms with Crippen molar-refractivity contribution >= 4 is 23.4 Å². The first-order valence-corrected chi connectivity index (χ1v) is 8.54. The Balaban J connectivity index is 1.97. The molecule has 1 heterocycles. The maximum Gasteiger partial charge on any atom is 0.313 e. The monoisotopic (exact) mass is 372 g/mol. The van der Waals surface area contributed by atoms with Gasteiger partial charge in [0, 0.05) is 5.56 Å². The fourth-order valence-corrected chi connectivity index (χ4v) is 2.88. The van der Waals surface area contributed by atoms with Crippen LogP contribution in [0.25, 0.3) is 22.5 Å². The van der Waals surface area contributed by atoms with E-state index in [1.165, 1.54) is 7.11 Å². The molecular formula is C17H16N4O4S. The molecule has 0 aliphatic carbocycles. The number of hydrogen-bond donors (Lipinski definition) is 4. The maximum absolute atomic E-state index is 10.7. The third-order valence-electron chi connectivity index (χ3n) is 3.40. The molecule has 9 heteroatoms. The van der Waals surface area contributed by atoms with Crippen molar-refractivity contribution in [1.29, 1.82) is 0 Å². The van der Waals surface area contributed by atoms with Crippen LogP contribution < -0.4 is 5.48 Å². The highest BCUT2D eigenvalue weighted by atomic mass is 32.2. The second-order valence-corrected chi connectivity index (χ2v) is 6.25. The summed E-state index contributed by atoms with van der Waals surface area (Å²) in [6, 6.07) is 12.5. The van der Waals surface area contributed by atoms with Crippen LogP contribution in [0.4, 0.5) is 5.69 Å². The Morgan fingerprint density at radius 1 is 1.23 bits per heavy atom. The van der Waals surface area contributed by atoms with E-state index in [1.807, 2.05) is 24.3 Å². The van der Waals surface area contributed by atoms with Crippen molar-refractivity contribution in [2.45, 2.75) is 5.16 Å². The second kappa shape index (κ2) is 7.89.